The van der Waals surface area contributed by atoms with E-state index in [1.165, 1.54) is 0 Å². The Morgan fingerprint density at radius 1 is 1.33 bits per heavy atom. The van der Waals surface area contributed by atoms with E-state index in [9.17, 15) is 9.90 Å². The highest BCUT2D eigenvalue weighted by Gasteiger charge is 2.16. The van der Waals surface area contributed by atoms with Crippen LogP contribution in [0.15, 0.2) is 42.6 Å². The summed E-state index contributed by atoms with van der Waals surface area (Å²) in [5.74, 6) is -0.800. The fourth-order valence-corrected chi connectivity index (χ4v) is 2.13. The topological polar surface area (TPSA) is 67.2 Å². The third kappa shape index (κ3) is 4.43. The molecule has 1 unspecified atom stereocenters. The predicted octanol–water partition coefficient (Wildman–Crippen LogP) is 2.61. The van der Waals surface area contributed by atoms with Crippen molar-refractivity contribution in [1.29, 1.82) is 0 Å². The molecule has 0 aliphatic rings. The van der Waals surface area contributed by atoms with Gasteiger partial charge in [0.1, 0.15) is 6.04 Å². The number of benzene rings is 1. The maximum atomic E-state index is 11.2. The van der Waals surface area contributed by atoms with Gasteiger partial charge in [0.25, 0.3) is 0 Å². The molecule has 1 aromatic carbocycles. The van der Waals surface area contributed by atoms with Gasteiger partial charge in [0.05, 0.1) is 11.4 Å². The lowest BCUT2D eigenvalue weighted by Gasteiger charge is -2.12. The summed E-state index contributed by atoms with van der Waals surface area (Å²) < 4.78 is 1.79. The molecule has 1 aromatic heterocycles. The van der Waals surface area contributed by atoms with Crippen molar-refractivity contribution in [1.82, 2.24) is 15.1 Å². The predicted molar refractivity (Wildman–Crippen MR) is 81.4 cm³/mol. The highest BCUT2D eigenvalue weighted by Crippen LogP contribution is 2.07. The van der Waals surface area contributed by atoms with Gasteiger partial charge in [0.15, 0.2) is 0 Å². The van der Waals surface area contributed by atoms with Crippen LogP contribution >= 0.6 is 0 Å². The van der Waals surface area contributed by atoms with Crippen LogP contribution in [0.5, 0.6) is 0 Å². The first-order valence-electron chi connectivity index (χ1n) is 7.27. The van der Waals surface area contributed by atoms with Gasteiger partial charge in [-0.3, -0.25) is 10.1 Å². The van der Waals surface area contributed by atoms with Crippen LogP contribution in [-0.2, 0) is 11.3 Å². The van der Waals surface area contributed by atoms with Crippen molar-refractivity contribution in [2.45, 2.75) is 38.8 Å². The zero-order valence-corrected chi connectivity index (χ0v) is 12.2. The molecule has 0 saturated carbocycles. The summed E-state index contributed by atoms with van der Waals surface area (Å²) in [6.07, 6.45) is 4.43. The molecular formula is C16H21N3O2. The summed E-state index contributed by atoms with van der Waals surface area (Å²) in [5, 5.41) is 16.7. The van der Waals surface area contributed by atoms with E-state index >= 15 is 0 Å². The molecule has 0 aliphatic heterocycles. The number of para-hydroxylation sites is 1. The summed E-state index contributed by atoms with van der Waals surface area (Å²) in [7, 11) is 0. The molecule has 5 nitrogen and oxygen atoms in total. The second-order valence-corrected chi connectivity index (χ2v) is 5.00. The SMILES string of the molecule is CCCCC(NCc1ccn(-c2ccccc2)n1)C(=O)O. The summed E-state index contributed by atoms with van der Waals surface area (Å²) in [4.78, 5) is 11.2. The van der Waals surface area contributed by atoms with Crippen LogP contribution in [-0.4, -0.2) is 26.9 Å². The Morgan fingerprint density at radius 3 is 2.76 bits per heavy atom. The van der Waals surface area contributed by atoms with Crippen LogP contribution < -0.4 is 5.32 Å². The second kappa shape index (κ2) is 7.59. The molecule has 5 heteroatoms. The van der Waals surface area contributed by atoms with E-state index < -0.39 is 12.0 Å². The van der Waals surface area contributed by atoms with Crippen molar-refractivity contribution in [3.63, 3.8) is 0 Å². The number of aliphatic carboxylic acids is 1. The van der Waals surface area contributed by atoms with Gasteiger partial charge in [-0.05, 0) is 24.6 Å². The highest BCUT2D eigenvalue weighted by atomic mass is 16.4. The highest BCUT2D eigenvalue weighted by molar-refractivity contribution is 5.73. The average Bonchev–Trinajstić information content (AvgIpc) is 2.97. The van der Waals surface area contributed by atoms with E-state index in [4.69, 9.17) is 0 Å². The first-order chi connectivity index (χ1) is 10.2. The molecule has 2 rings (SSSR count). The maximum Gasteiger partial charge on any atom is 0.320 e. The minimum Gasteiger partial charge on any atom is -0.480 e. The van der Waals surface area contributed by atoms with Crippen molar-refractivity contribution in [2.75, 3.05) is 0 Å². The number of carbonyl (C=O) groups is 1. The molecule has 0 spiro atoms. The Kier molecular flexibility index (Phi) is 5.51. The Hall–Kier alpha value is -2.14. The van der Waals surface area contributed by atoms with E-state index in [0.717, 1.165) is 24.2 Å². The van der Waals surface area contributed by atoms with Crippen LogP contribution in [0.3, 0.4) is 0 Å². The first-order valence-corrected chi connectivity index (χ1v) is 7.27. The van der Waals surface area contributed by atoms with E-state index in [1.54, 1.807) is 4.68 Å². The van der Waals surface area contributed by atoms with Crippen LogP contribution in [0.1, 0.15) is 31.9 Å². The number of carboxylic acids is 1. The molecule has 2 aromatic rings. The number of hydrogen-bond donors (Lipinski definition) is 2. The molecule has 0 saturated heterocycles. The van der Waals surface area contributed by atoms with Crippen molar-refractivity contribution >= 4 is 5.97 Å². The molecule has 0 fully saturated rings. The van der Waals surface area contributed by atoms with Gasteiger partial charge in [-0.2, -0.15) is 5.10 Å². The third-order valence-corrected chi connectivity index (χ3v) is 3.34. The molecule has 1 atom stereocenters. The van der Waals surface area contributed by atoms with Gasteiger partial charge in [0, 0.05) is 12.7 Å². The van der Waals surface area contributed by atoms with Gasteiger partial charge < -0.3 is 5.11 Å². The number of aromatic nitrogens is 2. The molecule has 0 bridgehead atoms. The number of rotatable bonds is 8. The Morgan fingerprint density at radius 2 is 2.10 bits per heavy atom. The largest absolute Gasteiger partial charge is 0.480 e. The van der Waals surface area contributed by atoms with E-state index in [0.29, 0.717) is 13.0 Å². The molecule has 21 heavy (non-hydrogen) atoms. The Balaban J connectivity index is 1.94. The minimum absolute atomic E-state index is 0.459. The van der Waals surface area contributed by atoms with Gasteiger partial charge in [0.2, 0.25) is 0 Å². The zero-order valence-electron chi connectivity index (χ0n) is 12.2. The first kappa shape index (κ1) is 15.3. The van der Waals surface area contributed by atoms with Crippen molar-refractivity contribution < 1.29 is 9.90 Å². The average molecular weight is 287 g/mol. The Labute approximate surface area is 124 Å². The quantitative estimate of drug-likeness (QED) is 0.783. The van der Waals surface area contributed by atoms with Gasteiger partial charge in [-0.25, -0.2) is 4.68 Å². The molecule has 0 amide bonds. The number of hydrogen-bond acceptors (Lipinski definition) is 3. The molecule has 0 radical (unpaired) electrons. The van der Waals surface area contributed by atoms with Gasteiger partial charge >= 0.3 is 5.97 Å². The Bertz CT molecular complexity index is 566. The van der Waals surface area contributed by atoms with E-state index in [-0.39, 0.29) is 0 Å². The van der Waals surface area contributed by atoms with Crippen molar-refractivity contribution in [2.24, 2.45) is 0 Å². The van der Waals surface area contributed by atoms with E-state index in [1.807, 2.05) is 42.6 Å². The summed E-state index contributed by atoms with van der Waals surface area (Å²) >= 11 is 0. The normalized spacial score (nSPS) is 12.2. The van der Waals surface area contributed by atoms with Crippen molar-refractivity contribution in [3.8, 4) is 5.69 Å². The molecule has 112 valence electrons. The standard InChI is InChI=1S/C16H21N3O2/c1-2-3-9-15(16(20)21)17-12-13-10-11-19(18-13)14-7-5-4-6-8-14/h4-8,10-11,15,17H,2-3,9,12H2,1H3,(H,20,21). The monoisotopic (exact) mass is 287 g/mol. The molecule has 1 heterocycles. The fraction of sp³-hybridized carbons (Fsp3) is 0.375. The maximum absolute atomic E-state index is 11.2. The number of carboxylic acid groups (broad SMARTS) is 1. The lowest BCUT2D eigenvalue weighted by Crippen LogP contribution is -2.36. The van der Waals surface area contributed by atoms with Gasteiger partial charge in [-0.15, -0.1) is 0 Å². The summed E-state index contributed by atoms with van der Waals surface area (Å²) in [6, 6.07) is 11.2. The van der Waals surface area contributed by atoms with Crippen LogP contribution in [0.4, 0.5) is 0 Å². The lowest BCUT2D eigenvalue weighted by molar-refractivity contribution is -0.139. The summed E-state index contributed by atoms with van der Waals surface area (Å²) in [5.41, 5.74) is 1.83. The van der Waals surface area contributed by atoms with Crippen molar-refractivity contribution in [3.05, 3.63) is 48.3 Å². The third-order valence-electron chi connectivity index (χ3n) is 3.34. The lowest BCUT2D eigenvalue weighted by atomic mass is 10.1. The smallest absolute Gasteiger partial charge is 0.320 e. The fourth-order valence-electron chi connectivity index (χ4n) is 2.13. The zero-order chi connectivity index (χ0) is 15.1. The van der Waals surface area contributed by atoms with Crippen LogP contribution in [0.25, 0.3) is 5.69 Å². The summed E-state index contributed by atoms with van der Waals surface area (Å²) in [6.45, 7) is 2.51. The number of unbranched alkanes of at least 4 members (excludes halogenated alkanes) is 1. The van der Waals surface area contributed by atoms with E-state index in [2.05, 4.69) is 17.3 Å². The van der Waals surface area contributed by atoms with Gasteiger partial charge in [-0.1, -0.05) is 38.0 Å². The molecule has 2 N–H and O–H groups in total. The molecule has 0 aliphatic carbocycles. The minimum atomic E-state index is -0.800. The number of nitrogens with zero attached hydrogens (tertiary/aromatic N) is 2. The molecular weight excluding hydrogens is 266 g/mol. The number of nitrogens with one attached hydrogen (secondary N) is 1. The van der Waals surface area contributed by atoms with Crippen LogP contribution in [0.2, 0.25) is 0 Å². The van der Waals surface area contributed by atoms with Crippen LogP contribution in [0, 0.1) is 0 Å². The second-order valence-electron chi connectivity index (χ2n) is 5.00.